The van der Waals surface area contributed by atoms with Crippen LogP contribution < -0.4 is 0 Å². The van der Waals surface area contributed by atoms with Crippen molar-refractivity contribution in [1.82, 2.24) is 9.97 Å². The molecule has 0 saturated heterocycles. The van der Waals surface area contributed by atoms with Crippen molar-refractivity contribution < 1.29 is 0 Å². The highest BCUT2D eigenvalue weighted by atomic mass is 35.6. The van der Waals surface area contributed by atoms with Crippen molar-refractivity contribution in [1.29, 1.82) is 0 Å². The van der Waals surface area contributed by atoms with Crippen molar-refractivity contribution in [3.8, 4) is 0 Å². The van der Waals surface area contributed by atoms with Crippen molar-refractivity contribution in [2.24, 2.45) is 0 Å². The van der Waals surface area contributed by atoms with Gasteiger partial charge in [0, 0.05) is 0 Å². The van der Waals surface area contributed by atoms with E-state index < -0.39 is 3.79 Å². The Bertz CT molecular complexity index is 294. The predicted octanol–water partition coefficient (Wildman–Crippen LogP) is 3.61. The highest BCUT2D eigenvalue weighted by molar-refractivity contribution is 6.66. The zero-order valence-corrected chi connectivity index (χ0v) is 9.14. The van der Waals surface area contributed by atoms with Crippen LogP contribution in [-0.2, 0) is 3.79 Å². The smallest absolute Gasteiger partial charge is 0.234 e. The standard InChI is InChI=1S/C5HCl5N2/c6-3-4(7)12-2(1-11-3)5(8,9)10/h1H. The maximum atomic E-state index is 5.54. The first-order chi connectivity index (χ1) is 5.41. The summed E-state index contributed by atoms with van der Waals surface area (Å²) in [4.78, 5) is 7.38. The fraction of sp³-hybridized carbons (Fsp3) is 0.200. The molecule has 7 heteroatoms. The summed E-state index contributed by atoms with van der Waals surface area (Å²) in [6.07, 6.45) is 1.25. The normalized spacial score (nSPS) is 11.8. The molecule has 1 aromatic heterocycles. The van der Waals surface area contributed by atoms with E-state index in [0.29, 0.717) is 0 Å². The molecular weight excluding hydrogens is 265 g/mol. The number of nitrogens with zero attached hydrogens (tertiary/aromatic N) is 2. The molecule has 0 amide bonds. The third kappa shape index (κ3) is 2.51. The van der Waals surface area contributed by atoms with Gasteiger partial charge in [0.2, 0.25) is 3.79 Å². The molecule has 12 heavy (non-hydrogen) atoms. The SMILES string of the molecule is Clc1ncc(C(Cl)(Cl)Cl)nc1Cl. The molecule has 0 aliphatic rings. The Balaban J connectivity index is 3.14. The van der Waals surface area contributed by atoms with E-state index in [1.807, 2.05) is 0 Å². The fourth-order valence-corrected chi connectivity index (χ4v) is 0.992. The number of rotatable bonds is 0. The maximum Gasteiger partial charge on any atom is 0.234 e. The van der Waals surface area contributed by atoms with Crippen LogP contribution in [0.1, 0.15) is 5.69 Å². The summed E-state index contributed by atoms with van der Waals surface area (Å²) in [7, 11) is 0. The number of hydrogen-bond acceptors (Lipinski definition) is 2. The summed E-state index contributed by atoms with van der Waals surface area (Å²) in [5.41, 5.74) is 0.141. The Morgan fingerprint density at radius 3 is 2.08 bits per heavy atom. The van der Waals surface area contributed by atoms with Crippen LogP contribution in [0.4, 0.5) is 0 Å². The molecule has 0 aliphatic carbocycles. The minimum atomic E-state index is -1.62. The van der Waals surface area contributed by atoms with Crippen molar-refractivity contribution in [3.05, 3.63) is 22.2 Å². The number of halogens is 5. The van der Waals surface area contributed by atoms with Gasteiger partial charge in [-0.05, 0) is 0 Å². The van der Waals surface area contributed by atoms with Crippen LogP contribution in [0.25, 0.3) is 0 Å². The Morgan fingerprint density at radius 1 is 1.08 bits per heavy atom. The van der Waals surface area contributed by atoms with Gasteiger partial charge >= 0.3 is 0 Å². The zero-order valence-electron chi connectivity index (χ0n) is 5.36. The number of alkyl halides is 3. The summed E-state index contributed by atoms with van der Waals surface area (Å²) < 4.78 is -1.62. The average molecular weight is 266 g/mol. The van der Waals surface area contributed by atoms with Crippen LogP contribution in [0.5, 0.6) is 0 Å². The van der Waals surface area contributed by atoms with Crippen LogP contribution >= 0.6 is 58.0 Å². The van der Waals surface area contributed by atoms with Crippen molar-refractivity contribution in [2.45, 2.75) is 3.79 Å². The molecule has 66 valence electrons. The Hall–Kier alpha value is 0.530. The lowest BCUT2D eigenvalue weighted by atomic mass is 10.5. The first-order valence-electron chi connectivity index (χ1n) is 2.66. The van der Waals surface area contributed by atoms with E-state index in [9.17, 15) is 0 Å². The first-order valence-corrected chi connectivity index (χ1v) is 4.55. The minimum Gasteiger partial charge on any atom is -0.239 e. The second-order valence-corrected chi connectivity index (χ2v) is 4.83. The van der Waals surface area contributed by atoms with Gasteiger partial charge in [0.05, 0.1) is 6.20 Å². The highest BCUT2D eigenvalue weighted by Gasteiger charge is 2.25. The summed E-state index contributed by atoms with van der Waals surface area (Å²) in [5, 5.41) is 0.0927. The van der Waals surface area contributed by atoms with Crippen molar-refractivity contribution >= 4 is 58.0 Å². The van der Waals surface area contributed by atoms with Gasteiger partial charge in [-0.1, -0.05) is 58.0 Å². The molecule has 2 nitrogen and oxygen atoms in total. The lowest BCUT2D eigenvalue weighted by Crippen LogP contribution is -2.04. The molecule has 0 unspecified atom stereocenters. The second-order valence-electron chi connectivity index (χ2n) is 1.83. The van der Waals surface area contributed by atoms with Crippen molar-refractivity contribution in [2.75, 3.05) is 0 Å². The van der Waals surface area contributed by atoms with E-state index in [0.717, 1.165) is 0 Å². The molecule has 0 aliphatic heterocycles. The highest BCUT2D eigenvalue weighted by Crippen LogP contribution is 2.37. The van der Waals surface area contributed by atoms with Crippen LogP contribution in [0, 0.1) is 0 Å². The molecule has 1 aromatic rings. The molecule has 1 heterocycles. The Labute approximate surface area is 93.8 Å². The van der Waals surface area contributed by atoms with Gasteiger partial charge in [-0.25, -0.2) is 9.97 Å². The minimum absolute atomic E-state index is 0.0143. The monoisotopic (exact) mass is 264 g/mol. The van der Waals surface area contributed by atoms with E-state index in [1.165, 1.54) is 6.20 Å². The quantitative estimate of drug-likeness (QED) is 0.670. The molecule has 1 rings (SSSR count). The molecule has 0 aromatic carbocycles. The van der Waals surface area contributed by atoms with E-state index in [-0.39, 0.29) is 16.0 Å². The molecule has 0 radical (unpaired) electrons. The third-order valence-electron chi connectivity index (χ3n) is 0.979. The van der Waals surface area contributed by atoms with Gasteiger partial charge in [-0.2, -0.15) is 0 Å². The van der Waals surface area contributed by atoms with Gasteiger partial charge < -0.3 is 0 Å². The molecule has 0 N–H and O–H groups in total. The summed E-state index contributed by atoms with van der Waals surface area (Å²) >= 11 is 27.6. The fourth-order valence-electron chi connectivity index (χ4n) is 0.488. The summed E-state index contributed by atoms with van der Waals surface area (Å²) in [6, 6.07) is 0. The van der Waals surface area contributed by atoms with Gasteiger partial charge in [-0.15, -0.1) is 0 Å². The van der Waals surface area contributed by atoms with E-state index in [4.69, 9.17) is 58.0 Å². The van der Waals surface area contributed by atoms with Crippen LogP contribution in [0.2, 0.25) is 10.3 Å². The molecule has 0 spiro atoms. The maximum absolute atomic E-state index is 5.54. The van der Waals surface area contributed by atoms with E-state index in [2.05, 4.69) is 9.97 Å². The largest absolute Gasteiger partial charge is 0.239 e. The number of hydrogen-bond donors (Lipinski definition) is 0. The zero-order chi connectivity index (χ0) is 9.35. The first kappa shape index (κ1) is 10.6. The van der Waals surface area contributed by atoms with Gasteiger partial charge in [0.1, 0.15) is 5.69 Å². The van der Waals surface area contributed by atoms with Crippen LogP contribution in [0.15, 0.2) is 6.20 Å². The Kier molecular flexibility index (Phi) is 3.29. The third-order valence-corrected chi connectivity index (χ3v) is 2.20. The van der Waals surface area contributed by atoms with Crippen LogP contribution in [-0.4, -0.2) is 9.97 Å². The van der Waals surface area contributed by atoms with Gasteiger partial charge in [-0.3, -0.25) is 0 Å². The molecule has 0 bridgehead atoms. The average Bonchev–Trinajstić information content (AvgIpc) is 1.92. The number of aromatic nitrogens is 2. The van der Waals surface area contributed by atoms with Crippen LogP contribution in [0.3, 0.4) is 0 Å². The van der Waals surface area contributed by atoms with Gasteiger partial charge in [0.25, 0.3) is 0 Å². The van der Waals surface area contributed by atoms with Crippen molar-refractivity contribution in [3.63, 3.8) is 0 Å². The molecule has 0 fully saturated rings. The lowest BCUT2D eigenvalue weighted by molar-refractivity contribution is 1.04. The predicted molar refractivity (Wildman–Crippen MR) is 51.3 cm³/mol. The summed E-state index contributed by atoms with van der Waals surface area (Å²) in [6.45, 7) is 0. The van der Waals surface area contributed by atoms with E-state index >= 15 is 0 Å². The van der Waals surface area contributed by atoms with Gasteiger partial charge in [0.15, 0.2) is 10.3 Å². The molecule has 0 atom stereocenters. The van der Waals surface area contributed by atoms with E-state index in [1.54, 1.807) is 0 Å². The summed E-state index contributed by atoms with van der Waals surface area (Å²) in [5.74, 6) is 0. The molecular formula is C5HCl5N2. The molecule has 0 saturated carbocycles. The topological polar surface area (TPSA) is 25.8 Å². The Morgan fingerprint density at radius 2 is 1.67 bits per heavy atom. The lowest BCUT2D eigenvalue weighted by Gasteiger charge is -2.09. The second kappa shape index (κ2) is 3.72.